The Labute approximate surface area is 110 Å². The molecule has 2 bridgehead atoms. The SMILES string of the molecule is CCC[C@@]12CCCC(=O)C13CC(CC2)C(C)(C)O3. The van der Waals surface area contributed by atoms with Crippen molar-refractivity contribution in [3.63, 3.8) is 0 Å². The van der Waals surface area contributed by atoms with E-state index in [1.54, 1.807) is 0 Å². The maximum atomic E-state index is 12.7. The van der Waals surface area contributed by atoms with Gasteiger partial charge in [0, 0.05) is 11.8 Å². The van der Waals surface area contributed by atoms with E-state index in [1.807, 2.05) is 0 Å². The van der Waals surface area contributed by atoms with Crippen molar-refractivity contribution >= 4 is 5.78 Å². The van der Waals surface area contributed by atoms with E-state index in [2.05, 4.69) is 20.8 Å². The summed E-state index contributed by atoms with van der Waals surface area (Å²) in [6.45, 7) is 6.63. The molecule has 0 aromatic heterocycles. The number of carbonyl (C=O) groups excluding carboxylic acids is 1. The molecule has 3 atom stereocenters. The minimum Gasteiger partial charge on any atom is -0.360 e. The summed E-state index contributed by atoms with van der Waals surface area (Å²) < 4.78 is 6.48. The van der Waals surface area contributed by atoms with Gasteiger partial charge in [0.05, 0.1) is 5.60 Å². The Balaban J connectivity index is 2.05. The summed E-state index contributed by atoms with van der Waals surface area (Å²) in [5, 5.41) is 0. The summed E-state index contributed by atoms with van der Waals surface area (Å²) in [4.78, 5) is 12.7. The highest BCUT2D eigenvalue weighted by atomic mass is 16.5. The summed E-state index contributed by atoms with van der Waals surface area (Å²) in [7, 11) is 0. The van der Waals surface area contributed by atoms with Gasteiger partial charge >= 0.3 is 0 Å². The van der Waals surface area contributed by atoms with E-state index < -0.39 is 5.60 Å². The quantitative estimate of drug-likeness (QED) is 0.743. The summed E-state index contributed by atoms with van der Waals surface area (Å²) >= 11 is 0. The average molecular weight is 250 g/mol. The van der Waals surface area contributed by atoms with Crippen molar-refractivity contribution in [2.75, 3.05) is 0 Å². The first-order valence-electron chi connectivity index (χ1n) is 7.69. The molecule has 102 valence electrons. The highest BCUT2D eigenvalue weighted by molar-refractivity contribution is 5.90. The minimum absolute atomic E-state index is 0.0948. The molecular weight excluding hydrogens is 224 g/mol. The number of hydrogen-bond donors (Lipinski definition) is 0. The zero-order valence-corrected chi connectivity index (χ0v) is 12.1. The second-order valence-corrected chi connectivity index (χ2v) is 7.28. The Morgan fingerprint density at radius 2 is 2.11 bits per heavy atom. The number of rotatable bonds is 2. The van der Waals surface area contributed by atoms with Gasteiger partial charge < -0.3 is 4.74 Å². The van der Waals surface area contributed by atoms with Gasteiger partial charge in [-0.3, -0.25) is 4.79 Å². The third-order valence-corrected chi connectivity index (χ3v) is 6.02. The molecule has 0 aromatic rings. The van der Waals surface area contributed by atoms with Crippen LogP contribution in [0.25, 0.3) is 0 Å². The van der Waals surface area contributed by atoms with Crippen LogP contribution >= 0.6 is 0 Å². The van der Waals surface area contributed by atoms with E-state index in [0.717, 1.165) is 19.3 Å². The lowest BCUT2D eigenvalue weighted by atomic mass is 9.53. The molecule has 1 saturated heterocycles. The Kier molecular flexibility index (Phi) is 2.68. The molecule has 0 N–H and O–H groups in total. The molecule has 3 aliphatic rings. The van der Waals surface area contributed by atoms with Crippen LogP contribution in [0.2, 0.25) is 0 Å². The van der Waals surface area contributed by atoms with Gasteiger partial charge in [0.25, 0.3) is 0 Å². The van der Waals surface area contributed by atoms with E-state index in [-0.39, 0.29) is 11.0 Å². The van der Waals surface area contributed by atoms with E-state index in [1.165, 1.54) is 32.1 Å². The molecule has 2 unspecified atom stereocenters. The third kappa shape index (κ3) is 1.41. The van der Waals surface area contributed by atoms with E-state index in [9.17, 15) is 4.79 Å². The van der Waals surface area contributed by atoms with Crippen LogP contribution in [0.1, 0.15) is 72.1 Å². The van der Waals surface area contributed by atoms with Gasteiger partial charge in [-0.2, -0.15) is 0 Å². The molecule has 1 heterocycles. The zero-order valence-electron chi connectivity index (χ0n) is 12.1. The first kappa shape index (κ1) is 12.7. The molecule has 0 radical (unpaired) electrons. The number of ether oxygens (including phenoxy) is 1. The highest BCUT2D eigenvalue weighted by Crippen LogP contribution is 2.64. The van der Waals surface area contributed by atoms with Crippen LogP contribution in [0.4, 0.5) is 0 Å². The largest absolute Gasteiger partial charge is 0.360 e. The molecule has 3 fully saturated rings. The van der Waals surface area contributed by atoms with Crippen molar-refractivity contribution in [3.8, 4) is 0 Å². The lowest BCUT2D eigenvalue weighted by Crippen LogP contribution is -2.58. The summed E-state index contributed by atoms with van der Waals surface area (Å²) in [5.41, 5.74) is -0.336. The molecule has 2 nitrogen and oxygen atoms in total. The second kappa shape index (κ2) is 3.82. The normalized spacial score (nSPS) is 45.9. The van der Waals surface area contributed by atoms with Gasteiger partial charge in [-0.25, -0.2) is 0 Å². The smallest absolute Gasteiger partial charge is 0.165 e. The average Bonchev–Trinajstić information content (AvgIpc) is 2.53. The summed E-state index contributed by atoms with van der Waals surface area (Å²) in [6, 6.07) is 0. The number of carbonyl (C=O) groups is 1. The van der Waals surface area contributed by atoms with Gasteiger partial charge in [-0.1, -0.05) is 13.3 Å². The standard InChI is InChI=1S/C16H26O2/c1-4-8-15-9-5-6-13(17)16(15)11-12(7-10-15)14(2,3)18-16/h12H,4-11H2,1-3H3/t12?,15-,16?/m0/s1. The third-order valence-electron chi connectivity index (χ3n) is 6.02. The van der Waals surface area contributed by atoms with E-state index >= 15 is 0 Å². The van der Waals surface area contributed by atoms with Gasteiger partial charge in [-0.05, 0) is 58.3 Å². The highest BCUT2D eigenvalue weighted by Gasteiger charge is 2.67. The van der Waals surface area contributed by atoms with Crippen LogP contribution < -0.4 is 0 Å². The Bertz CT molecular complexity index is 369. The van der Waals surface area contributed by atoms with Crippen LogP contribution in [-0.2, 0) is 9.53 Å². The molecule has 1 aliphatic heterocycles. The molecule has 0 aromatic carbocycles. The van der Waals surface area contributed by atoms with Gasteiger partial charge in [0.1, 0.15) is 5.60 Å². The van der Waals surface area contributed by atoms with E-state index in [0.29, 0.717) is 11.7 Å². The van der Waals surface area contributed by atoms with Crippen molar-refractivity contribution in [3.05, 3.63) is 0 Å². The lowest BCUT2D eigenvalue weighted by Gasteiger charge is -2.52. The van der Waals surface area contributed by atoms with Crippen molar-refractivity contribution < 1.29 is 9.53 Å². The predicted molar refractivity (Wildman–Crippen MR) is 71.4 cm³/mol. The molecular formula is C16H26O2. The summed E-state index contributed by atoms with van der Waals surface area (Å²) in [6.07, 6.45) is 8.82. The second-order valence-electron chi connectivity index (χ2n) is 7.28. The maximum Gasteiger partial charge on any atom is 0.165 e. The number of ketones is 1. The van der Waals surface area contributed by atoms with Crippen molar-refractivity contribution in [2.24, 2.45) is 11.3 Å². The van der Waals surface area contributed by atoms with Crippen LogP contribution in [-0.4, -0.2) is 17.0 Å². The fourth-order valence-electron chi connectivity index (χ4n) is 5.11. The lowest BCUT2D eigenvalue weighted by molar-refractivity contribution is -0.186. The molecule has 18 heavy (non-hydrogen) atoms. The fraction of sp³-hybridized carbons (Fsp3) is 0.938. The Hall–Kier alpha value is -0.370. The van der Waals surface area contributed by atoms with Crippen LogP contribution in [0, 0.1) is 11.3 Å². The van der Waals surface area contributed by atoms with Crippen molar-refractivity contribution in [2.45, 2.75) is 83.3 Å². The predicted octanol–water partition coefficient (Wildman–Crippen LogP) is 3.87. The minimum atomic E-state index is -0.409. The molecule has 0 amide bonds. The van der Waals surface area contributed by atoms with Crippen molar-refractivity contribution in [1.29, 1.82) is 0 Å². The summed E-state index contributed by atoms with van der Waals surface area (Å²) in [5.74, 6) is 1.00. The maximum absolute atomic E-state index is 12.7. The molecule has 1 spiro atoms. The Morgan fingerprint density at radius 3 is 2.83 bits per heavy atom. The number of Topliss-reactive ketones (excluding diaryl/α,β-unsaturated/α-hetero) is 1. The molecule has 2 aliphatic carbocycles. The van der Waals surface area contributed by atoms with Gasteiger partial charge in [-0.15, -0.1) is 0 Å². The van der Waals surface area contributed by atoms with Gasteiger partial charge in [0.15, 0.2) is 5.78 Å². The topological polar surface area (TPSA) is 26.3 Å². The Morgan fingerprint density at radius 1 is 1.33 bits per heavy atom. The van der Waals surface area contributed by atoms with E-state index in [4.69, 9.17) is 4.74 Å². The number of fused-ring (bicyclic) bond motifs is 1. The first-order chi connectivity index (χ1) is 8.46. The van der Waals surface area contributed by atoms with Crippen LogP contribution in [0.5, 0.6) is 0 Å². The zero-order chi connectivity index (χ0) is 13.0. The number of hydrogen-bond acceptors (Lipinski definition) is 2. The van der Waals surface area contributed by atoms with Gasteiger partial charge in [0.2, 0.25) is 0 Å². The van der Waals surface area contributed by atoms with Crippen molar-refractivity contribution in [1.82, 2.24) is 0 Å². The van der Waals surface area contributed by atoms with Crippen LogP contribution in [0.15, 0.2) is 0 Å². The molecule has 2 saturated carbocycles. The molecule has 2 heteroatoms. The molecule has 3 rings (SSSR count). The van der Waals surface area contributed by atoms with Crippen LogP contribution in [0.3, 0.4) is 0 Å². The fourth-order valence-corrected chi connectivity index (χ4v) is 5.11. The monoisotopic (exact) mass is 250 g/mol. The first-order valence-corrected chi connectivity index (χ1v) is 7.69.